The Morgan fingerprint density at radius 3 is 2.88 bits per heavy atom. The minimum atomic E-state index is 0.141. The zero-order valence-electron chi connectivity index (χ0n) is 14.8. The molecule has 4 nitrogen and oxygen atoms in total. The van der Waals surface area contributed by atoms with Gasteiger partial charge in [-0.05, 0) is 17.9 Å². The number of anilines is 1. The Morgan fingerprint density at radius 1 is 1.36 bits per heavy atom. The van der Waals surface area contributed by atoms with Crippen LogP contribution in [-0.2, 0) is 0 Å². The summed E-state index contributed by atoms with van der Waals surface area (Å²) in [6.45, 7) is 11.8. The van der Waals surface area contributed by atoms with Gasteiger partial charge in [0.15, 0.2) is 5.65 Å². The molecule has 3 unspecified atom stereocenters. The quantitative estimate of drug-likeness (QED) is 0.514. The third-order valence-corrected chi connectivity index (χ3v) is 4.82. The van der Waals surface area contributed by atoms with Gasteiger partial charge in [-0.15, -0.1) is 0 Å². The maximum Gasteiger partial charge on any atom is 0.177 e. The van der Waals surface area contributed by atoms with Crippen molar-refractivity contribution in [3.8, 4) is 0 Å². The number of hydrogen-bond donors (Lipinski definition) is 2. The Hall–Kier alpha value is -2.56. The molecule has 2 aliphatic rings. The highest BCUT2D eigenvalue weighted by Crippen LogP contribution is 2.47. The number of hydrogen-bond acceptors (Lipinski definition) is 3. The van der Waals surface area contributed by atoms with Crippen molar-refractivity contribution in [1.82, 2.24) is 15.0 Å². The minimum Gasteiger partial charge on any atom is -0.377 e. The van der Waals surface area contributed by atoms with Crippen LogP contribution >= 0.6 is 0 Å². The summed E-state index contributed by atoms with van der Waals surface area (Å²) in [5, 5.41) is 3.59. The molecule has 3 heterocycles. The van der Waals surface area contributed by atoms with E-state index in [1.165, 1.54) is 5.56 Å². The summed E-state index contributed by atoms with van der Waals surface area (Å²) in [5.41, 5.74) is 5.32. The van der Waals surface area contributed by atoms with Gasteiger partial charge in [0.25, 0.3) is 0 Å². The van der Waals surface area contributed by atoms with Crippen molar-refractivity contribution in [3.05, 3.63) is 61.0 Å². The van der Waals surface area contributed by atoms with E-state index in [0.29, 0.717) is 17.2 Å². The normalized spacial score (nSPS) is 23.9. The van der Waals surface area contributed by atoms with Gasteiger partial charge in [-0.25, -0.2) is 9.97 Å². The number of nitrogens with zero attached hydrogens (tertiary/aromatic N) is 2. The van der Waals surface area contributed by atoms with Gasteiger partial charge in [0.05, 0.1) is 23.6 Å². The molecule has 0 bridgehead atoms. The van der Waals surface area contributed by atoms with Crippen LogP contribution in [0.1, 0.15) is 31.7 Å². The van der Waals surface area contributed by atoms with Crippen LogP contribution in [0, 0.1) is 5.92 Å². The Bertz CT molecular complexity index is 862. The van der Waals surface area contributed by atoms with Crippen molar-refractivity contribution >= 4 is 30.3 Å². The number of imidazole rings is 1. The lowest BCUT2D eigenvalue weighted by Gasteiger charge is -2.38. The average Bonchev–Trinajstić information content (AvgIpc) is 3.30. The van der Waals surface area contributed by atoms with Crippen molar-refractivity contribution in [3.63, 3.8) is 0 Å². The van der Waals surface area contributed by atoms with Gasteiger partial charge >= 0.3 is 0 Å². The topological polar surface area (TPSA) is 53.6 Å². The highest BCUT2D eigenvalue weighted by molar-refractivity contribution is 6.35. The highest BCUT2D eigenvalue weighted by Gasteiger charge is 2.40. The molecule has 0 saturated carbocycles. The third kappa shape index (κ3) is 2.74. The maximum absolute atomic E-state index is 6.21. The molecule has 2 aromatic heterocycles. The molecule has 3 atom stereocenters. The standard InChI is InChI=1S/C18H17BN4.C2H6/c1-3-6-10(4-2)14-12-8-5-7-11(12)13-15(22-14)17(19)23-18-16(13)20-9-21-18;1-2/h3-7,9,11-12,14,22H,1-2,8H2,(H,20,21,23);1-2H3/b10-6+;. The number of nitrogens with one attached hydrogen (secondary N) is 2. The van der Waals surface area contributed by atoms with E-state index >= 15 is 0 Å². The minimum absolute atomic E-state index is 0.141. The number of aromatic amines is 1. The predicted octanol–water partition coefficient (Wildman–Crippen LogP) is 3.53. The molecule has 25 heavy (non-hydrogen) atoms. The van der Waals surface area contributed by atoms with Gasteiger partial charge in [0.1, 0.15) is 7.85 Å². The summed E-state index contributed by atoms with van der Waals surface area (Å²) in [4.78, 5) is 11.9. The summed E-state index contributed by atoms with van der Waals surface area (Å²) in [6, 6.07) is 0.141. The molecule has 0 spiro atoms. The monoisotopic (exact) mass is 330 g/mol. The molecule has 0 fully saturated rings. The highest BCUT2D eigenvalue weighted by atomic mass is 15.0. The molecular weight excluding hydrogens is 307 g/mol. The number of pyridine rings is 1. The van der Waals surface area contributed by atoms with Crippen molar-refractivity contribution in [2.75, 3.05) is 5.32 Å². The van der Waals surface area contributed by atoms with Gasteiger partial charge in [-0.1, -0.05) is 57.4 Å². The second-order valence-corrected chi connectivity index (χ2v) is 5.97. The Balaban J connectivity index is 0.000000880. The Kier molecular flexibility index (Phi) is 4.93. The molecule has 2 radical (unpaired) electrons. The SMILES string of the molecule is CC.[B]c1nc2nc[nH]c2c2c1NC(/C(C=C)=C/C=C)C1CC=CC21. The predicted molar refractivity (Wildman–Crippen MR) is 107 cm³/mol. The van der Waals surface area contributed by atoms with Gasteiger partial charge in [-0.2, -0.15) is 0 Å². The number of allylic oxidation sites excluding steroid dienone is 4. The second-order valence-electron chi connectivity index (χ2n) is 5.97. The van der Waals surface area contributed by atoms with Crippen molar-refractivity contribution in [2.45, 2.75) is 32.2 Å². The fourth-order valence-corrected chi connectivity index (χ4v) is 3.84. The Morgan fingerprint density at radius 2 is 2.16 bits per heavy atom. The van der Waals surface area contributed by atoms with E-state index in [2.05, 4.69) is 45.6 Å². The van der Waals surface area contributed by atoms with Crippen LogP contribution in [-0.4, -0.2) is 28.8 Å². The molecule has 126 valence electrons. The number of rotatable bonds is 3. The first kappa shape index (κ1) is 17.3. The van der Waals surface area contributed by atoms with Crippen LogP contribution in [0.2, 0.25) is 0 Å². The third-order valence-electron chi connectivity index (χ3n) is 4.82. The summed E-state index contributed by atoms with van der Waals surface area (Å²) < 4.78 is 0. The van der Waals surface area contributed by atoms with Crippen molar-refractivity contribution in [1.29, 1.82) is 0 Å². The van der Waals surface area contributed by atoms with E-state index in [1.807, 2.05) is 26.0 Å². The Labute approximate surface area is 150 Å². The average molecular weight is 330 g/mol. The lowest BCUT2D eigenvalue weighted by atomic mass is 9.75. The number of aromatic nitrogens is 3. The summed E-state index contributed by atoms with van der Waals surface area (Å²) in [7, 11) is 6.21. The van der Waals surface area contributed by atoms with Crippen LogP contribution in [0.25, 0.3) is 11.2 Å². The second kappa shape index (κ2) is 7.13. The maximum atomic E-state index is 6.21. The zero-order chi connectivity index (χ0) is 18.0. The molecule has 0 amide bonds. The van der Waals surface area contributed by atoms with Crippen molar-refractivity contribution < 1.29 is 0 Å². The van der Waals surface area contributed by atoms with Gasteiger partial charge in [-0.3, -0.25) is 0 Å². The molecule has 1 aliphatic heterocycles. The lowest BCUT2D eigenvalue weighted by Crippen LogP contribution is -2.40. The molecular formula is C20H23BN4. The van der Waals surface area contributed by atoms with E-state index in [1.54, 1.807) is 12.4 Å². The molecule has 5 heteroatoms. The summed E-state index contributed by atoms with van der Waals surface area (Å²) in [6.07, 6.45) is 12.9. The van der Waals surface area contributed by atoms with Crippen LogP contribution in [0.5, 0.6) is 0 Å². The first-order valence-corrected chi connectivity index (χ1v) is 8.75. The van der Waals surface area contributed by atoms with Gasteiger partial charge in [0, 0.05) is 17.1 Å². The first-order valence-electron chi connectivity index (χ1n) is 8.75. The number of H-pyrrole nitrogens is 1. The summed E-state index contributed by atoms with van der Waals surface area (Å²) in [5.74, 6) is 0.706. The van der Waals surface area contributed by atoms with E-state index in [-0.39, 0.29) is 12.0 Å². The summed E-state index contributed by atoms with van der Waals surface area (Å²) >= 11 is 0. The van der Waals surface area contributed by atoms with Gasteiger partial charge in [0.2, 0.25) is 0 Å². The zero-order valence-corrected chi connectivity index (χ0v) is 14.8. The van der Waals surface area contributed by atoms with E-state index in [4.69, 9.17) is 7.85 Å². The molecule has 0 aromatic carbocycles. The molecule has 2 N–H and O–H groups in total. The molecule has 4 rings (SSSR count). The van der Waals surface area contributed by atoms with Crippen LogP contribution in [0.4, 0.5) is 5.69 Å². The number of fused-ring (bicyclic) bond motifs is 5. The fourth-order valence-electron chi connectivity index (χ4n) is 3.84. The first-order chi connectivity index (χ1) is 12.2. The van der Waals surface area contributed by atoms with Crippen molar-refractivity contribution in [2.24, 2.45) is 5.92 Å². The van der Waals surface area contributed by atoms with E-state index < -0.39 is 0 Å². The fraction of sp³-hybridized carbons (Fsp3) is 0.300. The largest absolute Gasteiger partial charge is 0.377 e. The van der Waals surface area contributed by atoms with Crippen LogP contribution < -0.4 is 10.9 Å². The lowest BCUT2D eigenvalue weighted by molar-refractivity contribution is 0.457. The van der Waals surface area contributed by atoms with Crippen LogP contribution in [0.3, 0.4) is 0 Å². The smallest absolute Gasteiger partial charge is 0.177 e. The molecule has 2 aromatic rings. The molecule has 0 saturated heterocycles. The molecule has 1 aliphatic carbocycles. The van der Waals surface area contributed by atoms with E-state index in [9.17, 15) is 0 Å². The van der Waals surface area contributed by atoms with E-state index in [0.717, 1.165) is 23.2 Å². The van der Waals surface area contributed by atoms with Crippen LogP contribution in [0.15, 0.2) is 55.4 Å². The van der Waals surface area contributed by atoms with Gasteiger partial charge < -0.3 is 10.3 Å².